The Labute approximate surface area is 148 Å². The second-order valence-corrected chi connectivity index (χ2v) is 5.17. The molecule has 7 nitrogen and oxygen atoms in total. The van der Waals surface area contributed by atoms with Gasteiger partial charge in [-0.25, -0.2) is 4.79 Å². The van der Waals surface area contributed by atoms with Crippen molar-refractivity contribution in [3.63, 3.8) is 0 Å². The van der Waals surface area contributed by atoms with Crippen LogP contribution in [0.15, 0.2) is 36.4 Å². The normalized spacial score (nSPS) is 10.4. The monoisotopic (exact) mass is 353 g/mol. The van der Waals surface area contributed by atoms with E-state index in [1.807, 2.05) is 12.1 Å². The highest BCUT2D eigenvalue weighted by Gasteiger charge is 2.01. The van der Waals surface area contributed by atoms with Gasteiger partial charge in [0.05, 0.1) is 39.6 Å². The predicted molar refractivity (Wildman–Crippen MR) is 94.6 cm³/mol. The molecule has 1 aromatic carbocycles. The van der Waals surface area contributed by atoms with Gasteiger partial charge in [0.25, 0.3) is 0 Å². The largest absolute Gasteiger partial charge is 0.491 e. The van der Waals surface area contributed by atoms with Gasteiger partial charge in [-0.1, -0.05) is 6.58 Å². The lowest BCUT2D eigenvalue weighted by Crippen LogP contribution is -2.15. The minimum atomic E-state index is -0.405. The molecule has 0 saturated heterocycles. The van der Waals surface area contributed by atoms with Crippen LogP contribution in [0.1, 0.15) is 6.92 Å². The van der Waals surface area contributed by atoms with E-state index in [1.54, 1.807) is 19.1 Å². The Morgan fingerprint density at radius 2 is 1.36 bits per heavy atom. The lowest BCUT2D eigenvalue weighted by atomic mass is 10.3. The number of ether oxygens (including phenoxy) is 5. The first-order valence-electron chi connectivity index (χ1n) is 8.14. The number of esters is 1. The molecule has 25 heavy (non-hydrogen) atoms. The smallest absolute Gasteiger partial charge is 0.333 e. The first kappa shape index (κ1) is 21.0. The molecule has 0 aliphatic heterocycles. The first-order chi connectivity index (χ1) is 12.1. The summed E-state index contributed by atoms with van der Waals surface area (Å²) in [6.07, 6.45) is 0. The van der Waals surface area contributed by atoms with Crippen LogP contribution < -0.4 is 10.5 Å². The summed E-state index contributed by atoms with van der Waals surface area (Å²) in [5, 5.41) is 0. The Kier molecular flexibility index (Phi) is 11.1. The van der Waals surface area contributed by atoms with Crippen molar-refractivity contribution < 1.29 is 28.5 Å². The molecule has 0 fully saturated rings. The van der Waals surface area contributed by atoms with Crippen molar-refractivity contribution in [1.29, 1.82) is 0 Å². The minimum absolute atomic E-state index is 0.211. The molecule has 0 aliphatic carbocycles. The minimum Gasteiger partial charge on any atom is -0.491 e. The van der Waals surface area contributed by atoms with Crippen LogP contribution >= 0.6 is 0 Å². The quantitative estimate of drug-likeness (QED) is 0.236. The Bertz CT molecular complexity index is 503. The summed E-state index contributed by atoms with van der Waals surface area (Å²) in [4.78, 5) is 11.1. The molecule has 0 aromatic heterocycles. The molecule has 0 saturated carbocycles. The van der Waals surface area contributed by atoms with Crippen LogP contribution in [0.4, 0.5) is 5.69 Å². The molecule has 0 aliphatic rings. The van der Waals surface area contributed by atoms with Gasteiger partial charge in [0, 0.05) is 11.3 Å². The molecule has 0 unspecified atom stereocenters. The van der Waals surface area contributed by atoms with Gasteiger partial charge in [0.2, 0.25) is 0 Å². The van der Waals surface area contributed by atoms with Crippen molar-refractivity contribution >= 4 is 11.7 Å². The van der Waals surface area contributed by atoms with Gasteiger partial charge in [-0.3, -0.25) is 0 Å². The fourth-order valence-corrected chi connectivity index (χ4v) is 1.64. The van der Waals surface area contributed by atoms with Crippen LogP contribution in [0.3, 0.4) is 0 Å². The highest BCUT2D eigenvalue weighted by molar-refractivity contribution is 5.86. The summed E-state index contributed by atoms with van der Waals surface area (Å²) < 4.78 is 26.4. The van der Waals surface area contributed by atoms with Crippen molar-refractivity contribution in [1.82, 2.24) is 0 Å². The summed E-state index contributed by atoms with van der Waals surface area (Å²) in [5.74, 6) is 0.359. The van der Waals surface area contributed by atoms with Gasteiger partial charge < -0.3 is 29.4 Å². The SMILES string of the molecule is C=C(C)C(=O)OCCOCCOCCOCCOc1ccc(N)cc1. The van der Waals surface area contributed by atoms with E-state index >= 15 is 0 Å². The first-order valence-corrected chi connectivity index (χ1v) is 8.14. The molecule has 0 atom stereocenters. The molecule has 0 spiro atoms. The average molecular weight is 353 g/mol. The number of hydrogen-bond donors (Lipinski definition) is 1. The van der Waals surface area contributed by atoms with E-state index in [0.29, 0.717) is 57.5 Å². The van der Waals surface area contributed by atoms with E-state index < -0.39 is 5.97 Å². The third kappa shape index (κ3) is 11.1. The van der Waals surface area contributed by atoms with Crippen LogP contribution in [-0.4, -0.2) is 58.8 Å². The van der Waals surface area contributed by atoms with E-state index in [2.05, 4.69) is 6.58 Å². The van der Waals surface area contributed by atoms with Crippen molar-refractivity contribution in [3.05, 3.63) is 36.4 Å². The zero-order chi connectivity index (χ0) is 18.3. The van der Waals surface area contributed by atoms with Crippen LogP contribution in [0, 0.1) is 0 Å². The van der Waals surface area contributed by atoms with Gasteiger partial charge in [-0.2, -0.15) is 0 Å². The number of carbonyl (C=O) groups excluding carboxylic acids is 1. The Balaban J connectivity index is 1.81. The Morgan fingerprint density at radius 1 is 0.880 bits per heavy atom. The Hall–Kier alpha value is -2.09. The lowest BCUT2D eigenvalue weighted by Gasteiger charge is -2.08. The molecule has 0 radical (unpaired) electrons. The molecule has 140 valence electrons. The molecular weight excluding hydrogens is 326 g/mol. The van der Waals surface area contributed by atoms with Crippen molar-refractivity contribution in [2.45, 2.75) is 6.92 Å². The highest BCUT2D eigenvalue weighted by atomic mass is 16.6. The molecule has 0 amide bonds. The van der Waals surface area contributed by atoms with Gasteiger partial charge in [-0.15, -0.1) is 0 Å². The lowest BCUT2D eigenvalue weighted by molar-refractivity contribution is -0.140. The number of carbonyl (C=O) groups is 1. The highest BCUT2D eigenvalue weighted by Crippen LogP contribution is 2.12. The molecule has 0 bridgehead atoms. The second-order valence-electron chi connectivity index (χ2n) is 5.17. The maximum atomic E-state index is 11.1. The van der Waals surface area contributed by atoms with Crippen LogP contribution in [0.2, 0.25) is 0 Å². The van der Waals surface area contributed by atoms with Crippen LogP contribution in [0.25, 0.3) is 0 Å². The third-order valence-corrected chi connectivity index (χ3v) is 2.93. The van der Waals surface area contributed by atoms with Gasteiger partial charge >= 0.3 is 5.97 Å². The fourth-order valence-electron chi connectivity index (χ4n) is 1.64. The number of nitrogen functional groups attached to an aromatic ring is 1. The van der Waals surface area contributed by atoms with Gasteiger partial charge in [0.1, 0.15) is 19.0 Å². The Morgan fingerprint density at radius 3 is 1.88 bits per heavy atom. The van der Waals surface area contributed by atoms with E-state index in [9.17, 15) is 4.79 Å². The average Bonchev–Trinajstić information content (AvgIpc) is 2.60. The second kappa shape index (κ2) is 13.2. The molecule has 2 N–H and O–H groups in total. The maximum absolute atomic E-state index is 11.1. The summed E-state index contributed by atoms with van der Waals surface area (Å²) in [6, 6.07) is 7.21. The fraction of sp³-hybridized carbons (Fsp3) is 0.500. The summed E-state index contributed by atoms with van der Waals surface area (Å²) in [5.41, 5.74) is 6.67. The van der Waals surface area contributed by atoms with Crippen LogP contribution in [-0.2, 0) is 23.7 Å². The van der Waals surface area contributed by atoms with Crippen molar-refractivity contribution in [2.75, 3.05) is 58.6 Å². The number of benzene rings is 1. The molecule has 1 rings (SSSR count). The molecule has 7 heteroatoms. The number of rotatable bonds is 14. The van der Waals surface area contributed by atoms with Crippen molar-refractivity contribution in [2.24, 2.45) is 0 Å². The van der Waals surface area contributed by atoms with E-state index in [-0.39, 0.29) is 6.61 Å². The van der Waals surface area contributed by atoms with Gasteiger partial charge in [-0.05, 0) is 31.2 Å². The predicted octanol–water partition coefficient (Wildman–Crippen LogP) is 1.82. The maximum Gasteiger partial charge on any atom is 0.333 e. The summed E-state index contributed by atoms with van der Waals surface area (Å²) in [6.45, 7) is 8.45. The van der Waals surface area contributed by atoms with Gasteiger partial charge in [0.15, 0.2) is 0 Å². The van der Waals surface area contributed by atoms with Crippen molar-refractivity contribution in [3.8, 4) is 5.75 Å². The van der Waals surface area contributed by atoms with Crippen LogP contribution in [0.5, 0.6) is 5.75 Å². The molecule has 0 heterocycles. The summed E-state index contributed by atoms with van der Waals surface area (Å²) >= 11 is 0. The van der Waals surface area contributed by atoms with E-state index in [4.69, 9.17) is 29.4 Å². The summed E-state index contributed by atoms with van der Waals surface area (Å²) in [7, 11) is 0. The number of hydrogen-bond acceptors (Lipinski definition) is 7. The zero-order valence-corrected chi connectivity index (χ0v) is 14.7. The van der Waals surface area contributed by atoms with E-state index in [0.717, 1.165) is 5.75 Å². The van der Waals surface area contributed by atoms with E-state index in [1.165, 1.54) is 0 Å². The zero-order valence-electron chi connectivity index (χ0n) is 14.7. The topological polar surface area (TPSA) is 89.2 Å². The standard InChI is InChI=1S/C18H27NO6/c1-15(2)18(20)25-14-12-23-10-8-21-7-9-22-11-13-24-17-5-3-16(19)4-6-17/h3-6H,1,7-14,19H2,2H3. The number of anilines is 1. The number of nitrogens with two attached hydrogens (primary N) is 1. The molecule has 1 aromatic rings. The third-order valence-electron chi connectivity index (χ3n) is 2.93. The molecular formula is C18H27NO6.